The second kappa shape index (κ2) is 8.14. The normalized spacial score (nSPS) is 11.7. The van der Waals surface area contributed by atoms with Gasteiger partial charge in [-0.05, 0) is 63.0 Å². The first kappa shape index (κ1) is 18.0. The van der Waals surface area contributed by atoms with Crippen molar-refractivity contribution in [3.05, 3.63) is 120 Å². The topological polar surface area (TPSA) is 25.8 Å². The highest BCUT2D eigenvalue weighted by atomic mass is 14.8. The molecular weight excluding hydrogens is 364 g/mol. The van der Waals surface area contributed by atoms with Crippen LogP contribution in [0.3, 0.4) is 0 Å². The Morgan fingerprint density at radius 3 is 1.40 bits per heavy atom. The van der Waals surface area contributed by atoms with E-state index < -0.39 is 0 Å². The molecular formula is C28H20N2. The number of benzene rings is 4. The van der Waals surface area contributed by atoms with Crippen molar-refractivity contribution in [1.29, 1.82) is 0 Å². The van der Waals surface area contributed by atoms with Crippen molar-refractivity contribution in [2.45, 2.75) is 0 Å². The van der Waals surface area contributed by atoms with Crippen molar-refractivity contribution in [3.8, 4) is 0 Å². The molecule has 0 unspecified atom stereocenters. The predicted molar refractivity (Wildman–Crippen MR) is 128 cm³/mol. The van der Waals surface area contributed by atoms with Gasteiger partial charge in [0.05, 0.1) is 11.4 Å². The standard InChI is InChI=1S/C28H20N2/c1-3-7-25-17-21(9-13-23(25)5-1)11-15-27-19-28(30-20-29-27)16-12-22-10-14-24-6-2-4-8-26(24)18-22/h1-20H/b15-11+,16-12+. The quantitative estimate of drug-likeness (QED) is 0.329. The molecule has 0 bridgehead atoms. The van der Waals surface area contributed by atoms with Crippen LogP contribution in [-0.2, 0) is 0 Å². The lowest BCUT2D eigenvalue weighted by Gasteiger charge is -2.00. The van der Waals surface area contributed by atoms with Crippen LogP contribution >= 0.6 is 0 Å². The molecule has 4 aromatic carbocycles. The summed E-state index contributed by atoms with van der Waals surface area (Å²) in [6.45, 7) is 0. The van der Waals surface area contributed by atoms with Crippen molar-refractivity contribution < 1.29 is 0 Å². The Labute approximate surface area is 175 Å². The van der Waals surface area contributed by atoms with Crippen LogP contribution in [0.1, 0.15) is 22.5 Å². The highest BCUT2D eigenvalue weighted by Crippen LogP contribution is 2.19. The van der Waals surface area contributed by atoms with Crippen LogP contribution in [0, 0.1) is 0 Å². The summed E-state index contributed by atoms with van der Waals surface area (Å²) in [7, 11) is 0. The van der Waals surface area contributed by atoms with Gasteiger partial charge in [-0.25, -0.2) is 9.97 Å². The van der Waals surface area contributed by atoms with Crippen molar-refractivity contribution in [1.82, 2.24) is 9.97 Å². The average Bonchev–Trinajstić information content (AvgIpc) is 2.81. The van der Waals surface area contributed by atoms with Gasteiger partial charge < -0.3 is 0 Å². The molecule has 0 saturated heterocycles. The summed E-state index contributed by atoms with van der Waals surface area (Å²) in [5.74, 6) is 0. The molecule has 0 radical (unpaired) electrons. The number of hydrogen-bond donors (Lipinski definition) is 0. The molecule has 1 heterocycles. The van der Waals surface area contributed by atoms with Gasteiger partial charge in [-0.3, -0.25) is 0 Å². The maximum absolute atomic E-state index is 4.38. The van der Waals surface area contributed by atoms with Crippen LogP contribution < -0.4 is 0 Å². The van der Waals surface area contributed by atoms with Crippen LogP contribution in [0.4, 0.5) is 0 Å². The number of fused-ring (bicyclic) bond motifs is 2. The van der Waals surface area contributed by atoms with Gasteiger partial charge in [-0.15, -0.1) is 0 Å². The minimum atomic E-state index is 0.885. The Morgan fingerprint density at radius 1 is 0.433 bits per heavy atom. The zero-order valence-corrected chi connectivity index (χ0v) is 16.4. The van der Waals surface area contributed by atoms with E-state index in [4.69, 9.17) is 0 Å². The molecule has 0 aliphatic heterocycles. The first-order chi connectivity index (χ1) is 14.8. The molecule has 0 aliphatic rings. The maximum atomic E-state index is 4.38. The molecule has 2 heteroatoms. The Bertz CT molecular complexity index is 1290. The average molecular weight is 384 g/mol. The molecule has 0 amide bonds. The summed E-state index contributed by atoms with van der Waals surface area (Å²) in [5, 5.41) is 4.97. The van der Waals surface area contributed by atoms with E-state index in [0.29, 0.717) is 0 Å². The van der Waals surface area contributed by atoms with Gasteiger partial charge >= 0.3 is 0 Å². The van der Waals surface area contributed by atoms with Gasteiger partial charge in [-0.1, -0.05) is 84.9 Å². The molecule has 0 saturated carbocycles. The molecule has 5 aromatic rings. The Morgan fingerprint density at radius 2 is 0.900 bits per heavy atom. The third-order valence-corrected chi connectivity index (χ3v) is 5.15. The molecule has 1 aromatic heterocycles. The lowest BCUT2D eigenvalue weighted by Crippen LogP contribution is -1.86. The smallest absolute Gasteiger partial charge is 0.116 e. The third-order valence-electron chi connectivity index (χ3n) is 5.15. The van der Waals surface area contributed by atoms with Gasteiger partial charge in [0.15, 0.2) is 0 Å². The number of nitrogens with zero attached hydrogens (tertiary/aromatic N) is 2. The lowest BCUT2D eigenvalue weighted by molar-refractivity contribution is 1.14. The molecule has 0 atom stereocenters. The van der Waals surface area contributed by atoms with E-state index in [0.717, 1.165) is 22.5 Å². The van der Waals surface area contributed by atoms with Crippen LogP contribution in [-0.4, -0.2) is 9.97 Å². The van der Waals surface area contributed by atoms with Gasteiger partial charge in [0, 0.05) is 0 Å². The van der Waals surface area contributed by atoms with E-state index in [9.17, 15) is 0 Å². The summed E-state index contributed by atoms with van der Waals surface area (Å²) in [5.41, 5.74) is 4.08. The first-order valence-electron chi connectivity index (χ1n) is 9.99. The fourth-order valence-electron chi connectivity index (χ4n) is 3.56. The molecule has 142 valence electrons. The van der Waals surface area contributed by atoms with E-state index in [1.54, 1.807) is 6.33 Å². The predicted octanol–water partition coefficient (Wildman–Crippen LogP) is 7.12. The molecule has 0 aliphatic carbocycles. The maximum Gasteiger partial charge on any atom is 0.116 e. The third kappa shape index (κ3) is 4.03. The van der Waals surface area contributed by atoms with Crippen molar-refractivity contribution in [2.75, 3.05) is 0 Å². The highest BCUT2D eigenvalue weighted by molar-refractivity contribution is 5.87. The largest absolute Gasteiger partial charge is 0.237 e. The zero-order chi connectivity index (χ0) is 20.2. The van der Waals surface area contributed by atoms with Crippen molar-refractivity contribution in [2.24, 2.45) is 0 Å². The number of rotatable bonds is 4. The minimum absolute atomic E-state index is 0.885. The van der Waals surface area contributed by atoms with Gasteiger partial charge in [0.25, 0.3) is 0 Å². The highest BCUT2D eigenvalue weighted by Gasteiger charge is 1.97. The van der Waals surface area contributed by atoms with Gasteiger partial charge in [-0.2, -0.15) is 0 Å². The van der Waals surface area contributed by atoms with E-state index in [1.807, 2.05) is 18.2 Å². The van der Waals surface area contributed by atoms with Crippen molar-refractivity contribution >= 4 is 45.8 Å². The fraction of sp³-hybridized carbons (Fsp3) is 0. The molecule has 2 nitrogen and oxygen atoms in total. The van der Waals surface area contributed by atoms with Crippen molar-refractivity contribution in [3.63, 3.8) is 0 Å². The Hall–Kier alpha value is -4.04. The second-order valence-corrected chi connectivity index (χ2v) is 7.25. The van der Waals surface area contributed by atoms with E-state index in [2.05, 4.69) is 107 Å². The number of hydrogen-bond acceptors (Lipinski definition) is 2. The van der Waals surface area contributed by atoms with Gasteiger partial charge in [0.2, 0.25) is 0 Å². The summed E-state index contributed by atoms with van der Waals surface area (Å²) >= 11 is 0. The molecule has 30 heavy (non-hydrogen) atoms. The number of aromatic nitrogens is 2. The zero-order valence-electron chi connectivity index (χ0n) is 16.4. The van der Waals surface area contributed by atoms with E-state index in [-0.39, 0.29) is 0 Å². The molecule has 0 N–H and O–H groups in total. The fourth-order valence-corrected chi connectivity index (χ4v) is 3.56. The first-order valence-corrected chi connectivity index (χ1v) is 9.99. The lowest BCUT2D eigenvalue weighted by atomic mass is 10.1. The molecule has 0 fully saturated rings. The molecule has 0 spiro atoms. The van der Waals surface area contributed by atoms with E-state index >= 15 is 0 Å². The summed E-state index contributed by atoms with van der Waals surface area (Å²) in [6.07, 6.45) is 9.84. The Kier molecular flexibility index (Phi) is 4.89. The summed E-state index contributed by atoms with van der Waals surface area (Å²) in [6, 6.07) is 31.7. The van der Waals surface area contributed by atoms with Gasteiger partial charge in [0.1, 0.15) is 6.33 Å². The van der Waals surface area contributed by atoms with Crippen LogP contribution in [0.2, 0.25) is 0 Å². The van der Waals surface area contributed by atoms with Crippen LogP contribution in [0.5, 0.6) is 0 Å². The minimum Gasteiger partial charge on any atom is -0.237 e. The molecule has 5 rings (SSSR count). The van der Waals surface area contributed by atoms with Crippen LogP contribution in [0.25, 0.3) is 45.8 Å². The van der Waals surface area contributed by atoms with E-state index in [1.165, 1.54) is 21.5 Å². The summed E-state index contributed by atoms with van der Waals surface area (Å²) in [4.78, 5) is 8.76. The summed E-state index contributed by atoms with van der Waals surface area (Å²) < 4.78 is 0. The monoisotopic (exact) mass is 384 g/mol. The second-order valence-electron chi connectivity index (χ2n) is 7.25. The van der Waals surface area contributed by atoms with Crippen LogP contribution in [0.15, 0.2) is 97.3 Å². The Balaban J connectivity index is 1.36. The SMILES string of the molecule is C(=C\c1cc(/C=C/c2ccc3ccccc3c2)ncn1)/c1ccc2ccccc2c1.